The Morgan fingerprint density at radius 2 is 1.66 bits per heavy atom. The summed E-state index contributed by atoms with van der Waals surface area (Å²) in [6, 6.07) is 19.5. The van der Waals surface area contributed by atoms with Gasteiger partial charge in [0.25, 0.3) is 11.8 Å². The molecule has 0 spiro atoms. The average Bonchev–Trinajstić information content (AvgIpc) is 2.86. The van der Waals surface area contributed by atoms with Crippen molar-refractivity contribution >= 4 is 40.9 Å². The fraction of sp³-hybridized carbons (Fsp3) is 0.0800. The first-order valence-corrected chi connectivity index (χ1v) is 11.7. The lowest BCUT2D eigenvalue weighted by molar-refractivity contribution is -0.684. The van der Waals surface area contributed by atoms with Crippen LogP contribution in [0.4, 0.5) is 5.69 Å². The van der Waals surface area contributed by atoms with E-state index in [-0.39, 0.29) is 35.3 Å². The third-order valence-electron chi connectivity index (χ3n) is 4.75. The number of halogens is 2. The van der Waals surface area contributed by atoms with Crippen molar-refractivity contribution in [2.24, 2.45) is 0 Å². The van der Waals surface area contributed by atoms with Gasteiger partial charge in [0.15, 0.2) is 12.4 Å². The zero-order valence-electron chi connectivity index (χ0n) is 18.3. The maximum absolute atomic E-state index is 13.0. The van der Waals surface area contributed by atoms with Crippen LogP contribution in [0.5, 0.6) is 0 Å². The van der Waals surface area contributed by atoms with E-state index in [2.05, 4.69) is 20.6 Å². The van der Waals surface area contributed by atoms with E-state index in [0.717, 1.165) is 5.56 Å². The molecule has 3 heterocycles. The number of rotatable bonds is 8. The van der Waals surface area contributed by atoms with Crippen molar-refractivity contribution in [3.63, 3.8) is 0 Å². The van der Waals surface area contributed by atoms with E-state index in [0.29, 0.717) is 21.3 Å². The minimum Gasteiger partial charge on any atom is -1.00 e. The number of pyridine rings is 3. The molecule has 0 radical (unpaired) electrons. The number of nitrogens with zero attached hydrogens (tertiary/aromatic N) is 3. The Kier molecular flexibility index (Phi) is 9.77. The molecule has 7 nitrogen and oxygen atoms in total. The van der Waals surface area contributed by atoms with Crippen LogP contribution in [-0.4, -0.2) is 21.8 Å². The molecule has 10 heteroatoms. The lowest BCUT2D eigenvalue weighted by atomic mass is 10.2. The Balaban J connectivity index is 0.00000342. The zero-order valence-corrected chi connectivity index (χ0v) is 21.5. The molecule has 0 aliphatic rings. The maximum atomic E-state index is 13.0. The highest BCUT2D eigenvalue weighted by atomic mass is 79.9. The van der Waals surface area contributed by atoms with E-state index in [9.17, 15) is 9.59 Å². The summed E-state index contributed by atoms with van der Waals surface area (Å²) in [5.41, 5.74) is 1.85. The molecule has 2 amide bonds. The summed E-state index contributed by atoms with van der Waals surface area (Å²) in [4.78, 5) is 34.3. The summed E-state index contributed by atoms with van der Waals surface area (Å²) >= 11 is 7.22. The quantitative estimate of drug-likeness (QED) is 0.189. The highest BCUT2D eigenvalue weighted by molar-refractivity contribution is 7.99. The summed E-state index contributed by atoms with van der Waals surface area (Å²) in [6.45, 7) is 0.162. The van der Waals surface area contributed by atoms with Crippen molar-refractivity contribution in [2.45, 2.75) is 16.9 Å². The SMILES string of the molecule is O=C(C[n+]1ccccc1)NC(Sc1ncccc1C(=O)Nc1ccc(Cl)cc1)c1ccncc1.[Br-]. The Morgan fingerprint density at radius 1 is 0.943 bits per heavy atom. The van der Waals surface area contributed by atoms with Crippen molar-refractivity contribution in [3.05, 3.63) is 114 Å². The fourth-order valence-corrected chi connectivity index (χ4v) is 4.36. The summed E-state index contributed by atoms with van der Waals surface area (Å²) < 4.78 is 1.79. The normalized spacial score (nSPS) is 11.1. The Bertz CT molecular complexity index is 1260. The van der Waals surface area contributed by atoms with Gasteiger partial charge in [-0.25, -0.2) is 4.98 Å². The molecule has 1 atom stereocenters. The number of carbonyl (C=O) groups excluding carboxylic acids is 2. The second kappa shape index (κ2) is 13.0. The Labute approximate surface area is 222 Å². The number of hydrogen-bond acceptors (Lipinski definition) is 5. The van der Waals surface area contributed by atoms with Crippen molar-refractivity contribution in [1.29, 1.82) is 0 Å². The molecule has 4 aromatic rings. The minimum absolute atomic E-state index is 0. The van der Waals surface area contributed by atoms with Gasteiger partial charge >= 0.3 is 0 Å². The number of carbonyl (C=O) groups is 2. The molecule has 0 aliphatic heterocycles. The zero-order chi connectivity index (χ0) is 23.8. The molecule has 0 fully saturated rings. The van der Waals surface area contributed by atoms with Gasteiger partial charge in [0.05, 0.1) is 5.56 Å². The number of nitrogens with one attached hydrogen (secondary N) is 2. The number of thioether (sulfide) groups is 1. The van der Waals surface area contributed by atoms with Gasteiger partial charge in [0, 0.05) is 41.4 Å². The van der Waals surface area contributed by atoms with Gasteiger partial charge in [0.2, 0.25) is 6.54 Å². The smallest absolute Gasteiger partial charge is 0.287 e. The second-order valence-corrected chi connectivity index (χ2v) is 8.74. The molecule has 4 rings (SSSR count). The van der Waals surface area contributed by atoms with E-state index < -0.39 is 5.37 Å². The van der Waals surface area contributed by atoms with Crippen LogP contribution in [-0.2, 0) is 11.3 Å². The van der Waals surface area contributed by atoms with Gasteiger partial charge in [-0.1, -0.05) is 29.4 Å². The van der Waals surface area contributed by atoms with Gasteiger partial charge in [-0.05, 0) is 54.1 Å². The van der Waals surface area contributed by atoms with Crippen LogP contribution in [0.2, 0.25) is 5.02 Å². The maximum Gasteiger partial charge on any atom is 0.287 e. The third kappa shape index (κ3) is 7.61. The number of benzene rings is 1. The largest absolute Gasteiger partial charge is 1.00 e. The van der Waals surface area contributed by atoms with E-state index in [4.69, 9.17) is 11.6 Å². The van der Waals surface area contributed by atoms with Crippen LogP contribution in [0.15, 0.2) is 103 Å². The number of amides is 2. The molecule has 0 saturated heterocycles. The van der Waals surface area contributed by atoms with Crippen LogP contribution >= 0.6 is 23.4 Å². The van der Waals surface area contributed by atoms with Crippen LogP contribution in [0, 0.1) is 0 Å². The molecule has 178 valence electrons. The number of aromatic nitrogens is 3. The Hall–Kier alpha value is -3.27. The third-order valence-corrected chi connectivity index (χ3v) is 6.18. The molecule has 0 bridgehead atoms. The minimum atomic E-state index is -0.475. The summed E-state index contributed by atoms with van der Waals surface area (Å²) in [7, 11) is 0. The summed E-state index contributed by atoms with van der Waals surface area (Å²) in [5, 5.41) is 6.50. The van der Waals surface area contributed by atoms with Gasteiger partial charge in [0.1, 0.15) is 10.4 Å². The highest BCUT2D eigenvalue weighted by Crippen LogP contribution is 2.34. The van der Waals surface area contributed by atoms with Crippen LogP contribution in [0.3, 0.4) is 0 Å². The molecule has 3 aromatic heterocycles. The first kappa shape index (κ1) is 26.3. The van der Waals surface area contributed by atoms with Crippen molar-refractivity contribution in [3.8, 4) is 0 Å². The molecular formula is C25H21BrClN5O2S. The highest BCUT2D eigenvalue weighted by Gasteiger charge is 2.22. The van der Waals surface area contributed by atoms with Gasteiger partial charge in [-0.3, -0.25) is 14.6 Å². The number of hydrogen-bond donors (Lipinski definition) is 2. The van der Waals surface area contributed by atoms with Crippen molar-refractivity contribution in [1.82, 2.24) is 15.3 Å². The molecule has 0 aliphatic carbocycles. The van der Waals surface area contributed by atoms with Crippen LogP contribution in [0.1, 0.15) is 21.3 Å². The van der Waals surface area contributed by atoms with Gasteiger partial charge in [-0.2, -0.15) is 4.57 Å². The first-order chi connectivity index (χ1) is 16.6. The monoisotopic (exact) mass is 569 g/mol. The van der Waals surface area contributed by atoms with Crippen LogP contribution < -0.4 is 32.2 Å². The lowest BCUT2D eigenvalue weighted by Crippen LogP contribution is -3.00. The van der Waals surface area contributed by atoms with Crippen LogP contribution in [0.25, 0.3) is 0 Å². The second-order valence-electron chi connectivity index (χ2n) is 7.21. The topological polar surface area (TPSA) is 87.9 Å². The van der Waals surface area contributed by atoms with E-state index in [1.165, 1.54) is 11.8 Å². The van der Waals surface area contributed by atoms with E-state index in [1.54, 1.807) is 59.6 Å². The summed E-state index contributed by atoms with van der Waals surface area (Å²) in [5.74, 6) is -0.480. The number of anilines is 1. The standard InChI is InChI=1S/C25H20ClN5O2S.BrH/c26-19-6-8-20(9-7-19)29-23(33)21-5-4-12-28-25(21)34-24(18-10-13-27-14-11-18)30-22(32)17-31-15-2-1-3-16-31;/h1-16,24H,17H2,(H-,29,30,32,33);1H. The summed E-state index contributed by atoms with van der Waals surface area (Å²) in [6.07, 6.45) is 8.59. The molecule has 0 saturated carbocycles. The molecule has 1 unspecified atom stereocenters. The fourth-order valence-electron chi connectivity index (χ4n) is 3.12. The Morgan fingerprint density at radius 3 is 2.37 bits per heavy atom. The molecule has 35 heavy (non-hydrogen) atoms. The van der Waals surface area contributed by atoms with E-state index in [1.807, 2.05) is 42.7 Å². The first-order valence-electron chi connectivity index (χ1n) is 10.4. The van der Waals surface area contributed by atoms with Crippen molar-refractivity contribution < 1.29 is 31.1 Å². The molecule has 2 N–H and O–H groups in total. The van der Waals surface area contributed by atoms with Gasteiger partial charge in [-0.15, -0.1) is 0 Å². The van der Waals surface area contributed by atoms with Gasteiger partial charge < -0.3 is 27.6 Å². The predicted octanol–water partition coefficient (Wildman–Crippen LogP) is 1.28. The lowest BCUT2D eigenvalue weighted by Gasteiger charge is -2.19. The molecular weight excluding hydrogens is 550 g/mol. The average molecular weight is 571 g/mol. The predicted molar refractivity (Wildman–Crippen MR) is 131 cm³/mol. The van der Waals surface area contributed by atoms with E-state index >= 15 is 0 Å². The molecule has 1 aromatic carbocycles. The van der Waals surface area contributed by atoms with Crippen molar-refractivity contribution in [2.75, 3.05) is 5.32 Å².